The molecule has 3 nitrogen and oxygen atoms in total. The average Bonchev–Trinajstić information content (AvgIpc) is 2.81. The van der Waals surface area contributed by atoms with Gasteiger partial charge in [-0.3, -0.25) is 9.88 Å². The van der Waals surface area contributed by atoms with Crippen LogP contribution in [0.5, 0.6) is 0 Å². The standard InChI is InChI=1S/C12H17N3S/c16-12(9-11-5-1-2-6-13-11)14-10-15-7-3-4-8-15/h1-2,5-6H,3-4,7-10H2,(H,14,16). The molecular weight excluding hydrogens is 218 g/mol. The van der Waals surface area contributed by atoms with Gasteiger partial charge in [0, 0.05) is 18.3 Å². The Balaban J connectivity index is 1.72. The van der Waals surface area contributed by atoms with E-state index in [0.29, 0.717) is 0 Å². The first kappa shape index (κ1) is 11.5. The lowest BCUT2D eigenvalue weighted by Crippen LogP contribution is -2.35. The maximum Gasteiger partial charge on any atom is 0.0823 e. The van der Waals surface area contributed by atoms with E-state index < -0.39 is 0 Å². The van der Waals surface area contributed by atoms with Crippen LogP contribution < -0.4 is 5.32 Å². The Labute approximate surface area is 102 Å². The van der Waals surface area contributed by atoms with Crippen LogP contribution in [0, 0.1) is 0 Å². The van der Waals surface area contributed by atoms with Crippen LogP contribution in [-0.2, 0) is 6.42 Å². The Morgan fingerprint density at radius 1 is 1.38 bits per heavy atom. The van der Waals surface area contributed by atoms with E-state index in [1.807, 2.05) is 18.2 Å². The lowest BCUT2D eigenvalue weighted by molar-refractivity contribution is 0.333. The highest BCUT2D eigenvalue weighted by Gasteiger charge is 2.10. The summed E-state index contributed by atoms with van der Waals surface area (Å²) in [5, 5.41) is 3.29. The number of aromatic nitrogens is 1. The van der Waals surface area contributed by atoms with Crippen molar-refractivity contribution >= 4 is 17.2 Å². The van der Waals surface area contributed by atoms with Crippen LogP contribution in [0.3, 0.4) is 0 Å². The second-order valence-electron chi connectivity index (χ2n) is 4.08. The molecule has 16 heavy (non-hydrogen) atoms. The molecule has 1 saturated heterocycles. The summed E-state index contributed by atoms with van der Waals surface area (Å²) < 4.78 is 0. The molecule has 4 heteroatoms. The quantitative estimate of drug-likeness (QED) is 0.802. The number of pyridine rings is 1. The number of rotatable bonds is 4. The maximum absolute atomic E-state index is 5.29. The molecule has 2 heterocycles. The zero-order valence-corrected chi connectivity index (χ0v) is 10.2. The van der Waals surface area contributed by atoms with Crippen molar-refractivity contribution in [3.05, 3.63) is 30.1 Å². The van der Waals surface area contributed by atoms with Crippen molar-refractivity contribution in [3.63, 3.8) is 0 Å². The number of nitrogens with zero attached hydrogens (tertiary/aromatic N) is 2. The van der Waals surface area contributed by atoms with Crippen molar-refractivity contribution in [2.24, 2.45) is 0 Å². The van der Waals surface area contributed by atoms with E-state index >= 15 is 0 Å². The summed E-state index contributed by atoms with van der Waals surface area (Å²) in [5.41, 5.74) is 1.03. The fraction of sp³-hybridized carbons (Fsp3) is 0.500. The monoisotopic (exact) mass is 235 g/mol. The van der Waals surface area contributed by atoms with Crippen LogP contribution in [-0.4, -0.2) is 34.6 Å². The normalized spacial score (nSPS) is 16.2. The fourth-order valence-electron chi connectivity index (χ4n) is 1.87. The molecule has 1 aromatic rings. The van der Waals surface area contributed by atoms with Gasteiger partial charge in [-0.1, -0.05) is 18.3 Å². The lowest BCUT2D eigenvalue weighted by Gasteiger charge is -2.16. The molecule has 1 aliphatic heterocycles. The Morgan fingerprint density at radius 3 is 2.88 bits per heavy atom. The summed E-state index contributed by atoms with van der Waals surface area (Å²) in [5.74, 6) is 0. The molecule has 2 rings (SSSR count). The topological polar surface area (TPSA) is 28.2 Å². The summed E-state index contributed by atoms with van der Waals surface area (Å²) in [6.07, 6.45) is 5.17. The van der Waals surface area contributed by atoms with E-state index in [4.69, 9.17) is 12.2 Å². The van der Waals surface area contributed by atoms with Crippen LogP contribution in [0.1, 0.15) is 18.5 Å². The van der Waals surface area contributed by atoms with Gasteiger partial charge < -0.3 is 5.32 Å². The average molecular weight is 235 g/mol. The van der Waals surface area contributed by atoms with Crippen LogP contribution >= 0.6 is 12.2 Å². The Morgan fingerprint density at radius 2 is 2.19 bits per heavy atom. The van der Waals surface area contributed by atoms with E-state index in [2.05, 4.69) is 15.2 Å². The molecule has 1 aliphatic rings. The molecule has 0 bridgehead atoms. The minimum absolute atomic E-state index is 0.740. The van der Waals surface area contributed by atoms with E-state index in [0.717, 1.165) is 23.8 Å². The van der Waals surface area contributed by atoms with Gasteiger partial charge in [0.2, 0.25) is 0 Å². The molecule has 0 aliphatic carbocycles. The summed E-state index contributed by atoms with van der Waals surface area (Å²) >= 11 is 5.29. The lowest BCUT2D eigenvalue weighted by atomic mass is 10.3. The minimum atomic E-state index is 0.740. The van der Waals surface area contributed by atoms with Crippen LogP contribution in [0.25, 0.3) is 0 Å². The largest absolute Gasteiger partial charge is 0.367 e. The molecule has 0 spiro atoms. The zero-order chi connectivity index (χ0) is 11.2. The molecule has 0 aromatic carbocycles. The smallest absolute Gasteiger partial charge is 0.0823 e. The summed E-state index contributed by atoms with van der Waals surface area (Å²) in [4.78, 5) is 7.53. The van der Waals surface area contributed by atoms with Gasteiger partial charge in [0.15, 0.2) is 0 Å². The van der Waals surface area contributed by atoms with Gasteiger partial charge in [-0.25, -0.2) is 0 Å². The third-order valence-electron chi connectivity index (χ3n) is 2.77. The third kappa shape index (κ3) is 3.54. The molecule has 0 radical (unpaired) electrons. The van der Waals surface area contributed by atoms with Gasteiger partial charge >= 0.3 is 0 Å². The van der Waals surface area contributed by atoms with E-state index in [9.17, 15) is 0 Å². The SMILES string of the molecule is S=C(Cc1ccccn1)NCN1CCCC1. The van der Waals surface area contributed by atoms with Crippen molar-refractivity contribution in [1.82, 2.24) is 15.2 Å². The highest BCUT2D eigenvalue weighted by atomic mass is 32.1. The van der Waals surface area contributed by atoms with Gasteiger partial charge in [-0.05, 0) is 38.1 Å². The number of thiocarbonyl (C=S) groups is 1. The van der Waals surface area contributed by atoms with Gasteiger partial charge in [-0.15, -0.1) is 0 Å². The number of nitrogens with one attached hydrogen (secondary N) is 1. The highest BCUT2D eigenvalue weighted by Crippen LogP contribution is 2.05. The molecule has 0 amide bonds. The van der Waals surface area contributed by atoms with E-state index in [-0.39, 0.29) is 0 Å². The number of hydrogen-bond acceptors (Lipinski definition) is 3. The molecule has 1 fully saturated rings. The van der Waals surface area contributed by atoms with Crippen molar-refractivity contribution in [2.75, 3.05) is 19.8 Å². The minimum Gasteiger partial charge on any atom is -0.367 e. The second kappa shape index (κ2) is 5.92. The predicted octanol–water partition coefficient (Wildman–Crippen LogP) is 1.59. The first-order valence-electron chi connectivity index (χ1n) is 5.73. The van der Waals surface area contributed by atoms with Crippen molar-refractivity contribution in [2.45, 2.75) is 19.3 Å². The fourth-order valence-corrected chi connectivity index (χ4v) is 2.08. The second-order valence-corrected chi connectivity index (χ2v) is 4.57. The molecule has 1 N–H and O–H groups in total. The van der Waals surface area contributed by atoms with Crippen LogP contribution in [0.4, 0.5) is 0 Å². The van der Waals surface area contributed by atoms with Gasteiger partial charge in [0.1, 0.15) is 0 Å². The number of hydrogen-bond donors (Lipinski definition) is 1. The number of likely N-dealkylation sites (tertiary alicyclic amines) is 1. The first-order valence-corrected chi connectivity index (χ1v) is 6.14. The third-order valence-corrected chi connectivity index (χ3v) is 3.06. The first-order chi connectivity index (χ1) is 7.84. The van der Waals surface area contributed by atoms with Crippen molar-refractivity contribution < 1.29 is 0 Å². The highest BCUT2D eigenvalue weighted by molar-refractivity contribution is 7.80. The Bertz CT molecular complexity index is 333. The molecule has 0 atom stereocenters. The van der Waals surface area contributed by atoms with Gasteiger partial charge in [0.05, 0.1) is 11.7 Å². The van der Waals surface area contributed by atoms with E-state index in [1.165, 1.54) is 25.9 Å². The van der Waals surface area contributed by atoms with Gasteiger partial charge in [0.25, 0.3) is 0 Å². The summed E-state index contributed by atoms with van der Waals surface area (Å²) in [6.45, 7) is 3.27. The maximum atomic E-state index is 5.29. The molecular formula is C12H17N3S. The zero-order valence-electron chi connectivity index (χ0n) is 9.35. The van der Waals surface area contributed by atoms with Crippen molar-refractivity contribution in [1.29, 1.82) is 0 Å². The Hall–Kier alpha value is -1.00. The summed E-state index contributed by atoms with van der Waals surface area (Å²) in [6, 6.07) is 5.92. The molecule has 0 unspecified atom stereocenters. The van der Waals surface area contributed by atoms with E-state index in [1.54, 1.807) is 6.20 Å². The summed E-state index contributed by atoms with van der Waals surface area (Å²) in [7, 11) is 0. The van der Waals surface area contributed by atoms with Crippen molar-refractivity contribution in [3.8, 4) is 0 Å². The molecule has 86 valence electrons. The van der Waals surface area contributed by atoms with Gasteiger partial charge in [-0.2, -0.15) is 0 Å². The van der Waals surface area contributed by atoms with Crippen LogP contribution in [0.2, 0.25) is 0 Å². The van der Waals surface area contributed by atoms with Crippen LogP contribution in [0.15, 0.2) is 24.4 Å². The molecule has 0 saturated carbocycles. The Kier molecular flexibility index (Phi) is 4.25. The predicted molar refractivity (Wildman–Crippen MR) is 69.3 cm³/mol. The molecule has 1 aromatic heterocycles.